The zero-order valence-corrected chi connectivity index (χ0v) is 11.0. The zero-order chi connectivity index (χ0) is 11.1. The summed E-state index contributed by atoms with van der Waals surface area (Å²) in [6, 6.07) is 3.91. The fourth-order valence-electron chi connectivity index (χ4n) is 2.13. The Morgan fingerprint density at radius 1 is 1.35 bits per heavy atom. The van der Waals surface area contributed by atoms with Gasteiger partial charge in [0.05, 0.1) is 18.9 Å². The van der Waals surface area contributed by atoms with Gasteiger partial charge in [0.15, 0.2) is 0 Å². The lowest BCUT2D eigenvalue weighted by Crippen LogP contribution is -2.17. The first-order valence-corrected chi connectivity index (χ1v) is 6.30. The highest BCUT2D eigenvalue weighted by atomic mass is 35.5. The third-order valence-electron chi connectivity index (χ3n) is 3.03. The largest absolute Gasteiger partial charge is 0.468 e. The van der Waals surface area contributed by atoms with E-state index in [1.54, 1.807) is 6.26 Å². The van der Waals surface area contributed by atoms with E-state index in [-0.39, 0.29) is 12.4 Å². The lowest BCUT2D eigenvalue weighted by molar-refractivity contribution is 0.0568. The van der Waals surface area contributed by atoms with Crippen LogP contribution in [0.15, 0.2) is 22.8 Å². The van der Waals surface area contributed by atoms with E-state index in [1.165, 1.54) is 25.7 Å². The van der Waals surface area contributed by atoms with Crippen molar-refractivity contribution in [1.82, 2.24) is 5.32 Å². The second-order valence-corrected chi connectivity index (χ2v) is 4.39. The van der Waals surface area contributed by atoms with Gasteiger partial charge in [0, 0.05) is 6.61 Å². The predicted molar refractivity (Wildman–Crippen MR) is 70.5 cm³/mol. The van der Waals surface area contributed by atoms with E-state index in [2.05, 4.69) is 5.32 Å². The van der Waals surface area contributed by atoms with Gasteiger partial charge < -0.3 is 14.5 Å². The molecule has 0 atom stereocenters. The van der Waals surface area contributed by atoms with Crippen molar-refractivity contribution in [2.75, 3.05) is 13.2 Å². The molecule has 1 fully saturated rings. The SMILES string of the molecule is Cl.c1coc(CNCCCOC2CCCC2)c1. The zero-order valence-electron chi connectivity index (χ0n) is 10.2. The predicted octanol–water partition coefficient (Wildman–Crippen LogP) is 3.14. The van der Waals surface area contributed by atoms with Crippen molar-refractivity contribution in [3.05, 3.63) is 24.2 Å². The number of halogens is 1. The van der Waals surface area contributed by atoms with Crippen molar-refractivity contribution in [2.45, 2.75) is 44.8 Å². The first-order chi connectivity index (χ1) is 7.95. The maximum Gasteiger partial charge on any atom is 0.117 e. The van der Waals surface area contributed by atoms with Gasteiger partial charge >= 0.3 is 0 Å². The third kappa shape index (κ3) is 5.57. The van der Waals surface area contributed by atoms with E-state index in [0.29, 0.717) is 6.10 Å². The molecule has 1 aliphatic rings. The minimum Gasteiger partial charge on any atom is -0.468 e. The molecular formula is C13H22ClNO2. The van der Waals surface area contributed by atoms with Crippen LogP contribution in [-0.4, -0.2) is 19.3 Å². The summed E-state index contributed by atoms with van der Waals surface area (Å²) in [5, 5.41) is 3.34. The Balaban J connectivity index is 0.00000144. The highest BCUT2D eigenvalue weighted by Gasteiger charge is 2.14. The summed E-state index contributed by atoms with van der Waals surface area (Å²) < 4.78 is 11.0. The Labute approximate surface area is 109 Å². The van der Waals surface area contributed by atoms with Gasteiger partial charge in [-0.2, -0.15) is 0 Å². The van der Waals surface area contributed by atoms with Crippen LogP contribution >= 0.6 is 12.4 Å². The van der Waals surface area contributed by atoms with Crippen LogP contribution in [0.3, 0.4) is 0 Å². The number of nitrogens with one attached hydrogen (secondary N) is 1. The first-order valence-electron chi connectivity index (χ1n) is 6.30. The van der Waals surface area contributed by atoms with E-state index >= 15 is 0 Å². The van der Waals surface area contributed by atoms with Crippen LogP contribution in [0.2, 0.25) is 0 Å². The Bertz CT molecular complexity index is 271. The average Bonchev–Trinajstić information content (AvgIpc) is 2.96. The number of ether oxygens (including phenoxy) is 1. The van der Waals surface area contributed by atoms with Gasteiger partial charge in [-0.3, -0.25) is 0 Å². The summed E-state index contributed by atoms with van der Waals surface area (Å²) >= 11 is 0. The molecule has 3 nitrogen and oxygen atoms in total. The Morgan fingerprint density at radius 3 is 2.88 bits per heavy atom. The molecule has 0 aromatic carbocycles. The van der Waals surface area contributed by atoms with Crippen molar-refractivity contribution < 1.29 is 9.15 Å². The average molecular weight is 260 g/mol. The van der Waals surface area contributed by atoms with Gasteiger partial charge in [-0.05, 0) is 37.9 Å². The minimum absolute atomic E-state index is 0. The van der Waals surface area contributed by atoms with Crippen molar-refractivity contribution in [1.29, 1.82) is 0 Å². The highest BCUT2D eigenvalue weighted by Crippen LogP contribution is 2.20. The summed E-state index contributed by atoms with van der Waals surface area (Å²) in [5.74, 6) is 0.997. The number of hydrogen-bond donors (Lipinski definition) is 1. The van der Waals surface area contributed by atoms with Gasteiger partial charge in [0.25, 0.3) is 0 Å². The molecule has 0 aliphatic heterocycles. The Hall–Kier alpha value is -0.510. The van der Waals surface area contributed by atoms with Crippen LogP contribution in [0.5, 0.6) is 0 Å². The third-order valence-corrected chi connectivity index (χ3v) is 3.03. The van der Waals surface area contributed by atoms with E-state index in [0.717, 1.165) is 31.9 Å². The van der Waals surface area contributed by atoms with Crippen molar-refractivity contribution in [3.8, 4) is 0 Å². The lowest BCUT2D eigenvalue weighted by Gasteiger charge is -2.10. The normalized spacial score (nSPS) is 16.0. The molecule has 0 spiro atoms. The Morgan fingerprint density at radius 2 is 2.18 bits per heavy atom. The maximum atomic E-state index is 5.78. The number of hydrogen-bond acceptors (Lipinski definition) is 3. The maximum absolute atomic E-state index is 5.78. The first kappa shape index (κ1) is 14.6. The van der Waals surface area contributed by atoms with Crippen LogP contribution in [0.1, 0.15) is 37.9 Å². The molecule has 1 saturated carbocycles. The number of rotatable bonds is 7. The summed E-state index contributed by atoms with van der Waals surface area (Å²) in [5.41, 5.74) is 0. The van der Waals surface area contributed by atoms with Crippen LogP contribution in [-0.2, 0) is 11.3 Å². The summed E-state index contributed by atoms with van der Waals surface area (Å²) in [4.78, 5) is 0. The molecule has 0 saturated heterocycles. The van der Waals surface area contributed by atoms with Crippen LogP contribution in [0.25, 0.3) is 0 Å². The van der Waals surface area contributed by atoms with Gasteiger partial charge in [0.2, 0.25) is 0 Å². The van der Waals surface area contributed by atoms with Crippen molar-refractivity contribution >= 4 is 12.4 Å². The van der Waals surface area contributed by atoms with Gasteiger partial charge in [-0.25, -0.2) is 0 Å². The lowest BCUT2D eigenvalue weighted by atomic mass is 10.3. The van der Waals surface area contributed by atoms with Gasteiger partial charge in [0.1, 0.15) is 5.76 Å². The quantitative estimate of drug-likeness (QED) is 0.764. The van der Waals surface area contributed by atoms with E-state index in [1.807, 2.05) is 12.1 Å². The molecule has 1 aromatic heterocycles. The van der Waals surface area contributed by atoms with E-state index < -0.39 is 0 Å². The highest BCUT2D eigenvalue weighted by molar-refractivity contribution is 5.85. The fraction of sp³-hybridized carbons (Fsp3) is 0.692. The molecule has 4 heteroatoms. The molecule has 1 aliphatic carbocycles. The molecule has 1 heterocycles. The topological polar surface area (TPSA) is 34.4 Å². The fourth-order valence-corrected chi connectivity index (χ4v) is 2.13. The second-order valence-electron chi connectivity index (χ2n) is 4.39. The molecule has 0 bridgehead atoms. The number of furan rings is 1. The molecule has 0 radical (unpaired) electrons. The summed E-state index contributed by atoms with van der Waals surface area (Å²) in [6.45, 7) is 2.69. The minimum atomic E-state index is 0. The van der Waals surface area contributed by atoms with E-state index in [9.17, 15) is 0 Å². The molecule has 1 N–H and O–H groups in total. The van der Waals surface area contributed by atoms with E-state index in [4.69, 9.17) is 9.15 Å². The standard InChI is InChI=1S/C13H21NO2.ClH/c1-2-6-12(5-1)15-10-4-8-14-11-13-7-3-9-16-13;/h3,7,9,12,14H,1-2,4-6,8,10-11H2;1H. The molecule has 2 rings (SSSR count). The monoisotopic (exact) mass is 259 g/mol. The molecular weight excluding hydrogens is 238 g/mol. The summed E-state index contributed by atoms with van der Waals surface area (Å²) in [6.07, 6.45) is 8.56. The van der Waals surface area contributed by atoms with Crippen molar-refractivity contribution in [3.63, 3.8) is 0 Å². The molecule has 17 heavy (non-hydrogen) atoms. The smallest absolute Gasteiger partial charge is 0.117 e. The van der Waals surface area contributed by atoms with Gasteiger partial charge in [-0.1, -0.05) is 12.8 Å². The second kappa shape index (κ2) is 8.56. The molecule has 0 amide bonds. The van der Waals surface area contributed by atoms with Gasteiger partial charge in [-0.15, -0.1) is 12.4 Å². The van der Waals surface area contributed by atoms with Crippen molar-refractivity contribution in [2.24, 2.45) is 0 Å². The summed E-state index contributed by atoms with van der Waals surface area (Å²) in [7, 11) is 0. The molecule has 98 valence electrons. The molecule has 1 aromatic rings. The van der Waals surface area contributed by atoms with Crippen LogP contribution < -0.4 is 5.32 Å². The molecule has 0 unspecified atom stereocenters. The Kier molecular flexibility index (Phi) is 7.33. The van der Waals surface area contributed by atoms with Crippen LogP contribution in [0, 0.1) is 0 Å². The van der Waals surface area contributed by atoms with Crippen LogP contribution in [0.4, 0.5) is 0 Å².